The first-order chi connectivity index (χ1) is 35.3. The highest BCUT2D eigenvalue weighted by Gasteiger charge is 2.36. The number of phenolic OH excluding ortho intramolecular Hbond substituents is 4. The van der Waals surface area contributed by atoms with Crippen molar-refractivity contribution in [1.82, 2.24) is 0 Å². The molecule has 5 nitrogen and oxygen atoms in total. The fraction of sp³-hybridized carbons (Fsp3) is 0.500. The Labute approximate surface area is 437 Å². The van der Waals surface area contributed by atoms with Gasteiger partial charge >= 0.3 is 0 Å². The number of aryl methyl sites for hydroxylation is 5. The standard InChI is InChI=1S/C68H84O5/c1-41-30-42(2)53(37-52(41)48-18-10-6-11-19-48)67(54-38-57(64(71)31-43(54)3)49-20-12-7-13-21-49)60-35-46(26-28-62(60)69)34-47-27-29-63(70)61(36-47)68(55-39-58(65(72)32-44(55)4)50-22-14-8-15-23-50)56-40-59(66(73)33-45(56)5)51-24-16-9-17-25-51/h26-33,35-40,48-51,61,63,67-73H,6-25,34H2,1-5H3. The van der Waals surface area contributed by atoms with Gasteiger partial charge in [0.05, 0.1) is 6.10 Å². The molecule has 0 bridgehead atoms. The molecule has 5 heteroatoms. The Morgan fingerprint density at radius 1 is 0.411 bits per heavy atom. The van der Waals surface area contributed by atoms with E-state index in [1.165, 1.54) is 112 Å². The molecule has 0 amide bonds. The lowest BCUT2D eigenvalue weighted by Gasteiger charge is -2.35. The highest BCUT2D eigenvalue weighted by molar-refractivity contribution is 5.59. The largest absolute Gasteiger partial charge is 0.508 e. The Morgan fingerprint density at radius 2 is 0.808 bits per heavy atom. The maximum absolute atomic E-state index is 12.3. The number of phenols is 4. The SMILES string of the molecule is Cc1cc(C)c(C(c2cc(C3CCCCC3)c(O)cc2C)c2cc(CC3=CC(C(c4cc(C5CCCCC5)c(O)cc4C)c4cc(C5CCCCC5)c(O)cc4C)C(O)C=C3)ccc2O)cc1C1CCCCC1. The van der Waals surface area contributed by atoms with Gasteiger partial charge in [-0.3, -0.25) is 0 Å². The van der Waals surface area contributed by atoms with E-state index in [2.05, 4.69) is 89.2 Å². The average Bonchev–Trinajstić information content (AvgIpc) is 3.39. The van der Waals surface area contributed by atoms with Gasteiger partial charge in [0.15, 0.2) is 0 Å². The predicted octanol–water partition coefficient (Wildman–Crippen LogP) is 17.3. The zero-order valence-electron chi connectivity index (χ0n) is 44.8. The lowest BCUT2D eigenvalue weighted by molar-refractivity contribution is 0.164. The maximum Gasteiger partial charge on any atom is 0.119 e. The third-order valence-electron chi connectivity index (χ3n) is 18.9. The van der Waals surface area contributed by atoms with Crippen LogP contribution in [0.2, 0.25) is 0 Å². The van der Waals surface area contributed by atoms with Crippen LogP contribution in [-0.2, 0) is 6.42 Å². The molecule has 386 valence electrons. The van der Waals surface area contributed by atoms with E-state index >= 15 is 0 Å². The van der Waals surface area contributed by atoms with Gasteiger partial charge in [-0.15, -0.1) is 0 Å². The van der Waals surface area contributed by atoms with Crippen molar-refractivity contribution in [3.05, 3.63) is 174 Å². The van der Waals surface area contributed by atoms with Gasteiger partial charge in [0.1, 0.15) is 23.0 Å². The minimum absolute atomic E-state index is 0.237. The highest BCUT2D eigenvalue weighted by atomic mass is 16.3. The predicted molar refractivity (Wildman–Crippen MR) is 299 cm³/mol. The van der Waals surface area contributed by atoms with Gasteiger partial charge in [-0.2, -0.15) is 0 Å². The Hall–Kier alpha value is -5.26. The normalized spacial score (nSPS) is 21.2. The summed E-state index contributed by atoms with van der Waals surface area (Å²) in [6.45, 7) is 10.9. The molecule has 4 saturated carbocycles. The van der Waals surface area contributed by atoms with Gasteiger partial charge in [0.2, 0.25) is 0 Å². The lowest BCUT2D eigenvalue weighted by Crippen LogP contribution is -2.28. The fourth-order valence-electron chi connectivity index (χ4n) is 14.9. The molecule has 5 N–H and O–H groups in total. The quantitative estimate of drug-likeness (QED) is 0.0802. The van der Waals surface area contributed by atoms with Crippen LogP contribution in [0, 0.1) is 40.5 Å². The Bertz CT molecular complexity index is 2690. The second kappa shape index (κ2) is 22.3. The number of hydrogen-bond donors (Lipinski definition) is 5. The van der Waals surface area contributed by atoms with E-state index in [1.54, 1.807) is 0 Å². The lowest BCUT2D eigenvalue weighted by atomic mass is 9.70. The molecule has 0 spiro atoms. The van der Waals surface area contributed by atoms with Crippen LogP contribution in [0.15, 0.2) is 90.5 Å². The minimum Gasteiger partial charge on any atom is -0.508 e. The van der Waals surface area contributed by atoms with Crippen molar-refractivity contribution in [2.75, 3.05) is 0 Å². The number of aromatic hydroxyl groups is 4. The molecule has 5 aliphatic carbocycles. The molecule has 5 aliphatic rings. The molecule has 0 aliphatic heterocycles. The Kier molecular flexibility index (Phi) is 15.6. The molecule has 73 heavy (non-hydrogen) atoms. The maximum atomic E-state index is 12.3. The van der Waals surface area contributed by atoms with Gasteiger partial charge in [-0.05, 0) is 224 Å². The van der Waals surface area contributed by atoms with Gasteiger partial charge < -0.3 is 25.5 Å². The van der Waals surface area contributed by atoms with Crippen molar-refractivity contribution in [1.29, 1.82) is 0 Å². The van der Waals surface area contributed by atoms with E-state index in [4.69, 9.17) is 0 Å². The van der Waals surface area contributed by atoms with Gasteiger partial charge in [-0.1, -0.05) is 138 Å². The van der Waals surface area contributed by atoms with Crippen LogP contribution in [0.5, 0.6) is 23.0 Å². The number of allylic oxidation sites excluding steroid dienone is 2. The molecule has 3 unspecified atom stereocenters. The smallest absolute Gasteiger partial charge is 0.119 e. The number of aliphatic hydroxyl groups is 1. The second-order valence-electron chi connectivity index (χ2n) is 23.9. The van der Waals surface area contributed by atoms with Crippen LogP contribution < -0.4 is 0 Å². The first kappa shape index (κ1) is 51.2. The van der Waals surface area contributed by atoms with Crippen LogP contribution in [0.4, 0.5) is 0 Å². The summed E-state index contributed by atoms with van der Waals surface area (Å²) >= 11 is 0. The fourth-order valence-corrected chi connectivity index (χ4v) is 14.9. The van der Waals surface area contributed by atoms with E-state index < -0.39 is 6.10 Å². The highest BCUT2D eigenvalue weighted by Crippen LogP contribution is 2.50. The van der Waals surface area contributed by atoms with Crippen LogP contribution >= 0.6 is 0 Å². The zero-order chi connectivity index (χ0) is 50.9. The molecule has 3 atom stereocenters. The monoisotopic (exact) mass is 981 g/mol. The summed E-state index contributed by atoms with van der Waals surface area (Å²) in [5.41, 5.74) is 17.8. The summed E-state index contributed by atoms with van der Waals surface area (Å²) in [6, 6.07) is 23.8. The summed E-state index contributed by atoms with van der Waals surface area (Å²) in [7, 11) is 0. The first-order valence-corrected chi connectivity index (χ1v) is 28.8. The third kappa shape index (κ3) is 10.8. The second-order valence-corrected chi connectivity index (χ2v) is 23.9. The molecule has 0 aromatic heterocycles. The van der Waals surface area contributed by atoms with Crippen molar-refractivity contribution in [2.24, 2.45) is 5.92 Å². The van der Waals surface area contributed by atoms with Crippen molar-refractivity contribution >= 4 is 0 Å². The summed E-state index contributed by atoms with van der Waals surface area (Å²) in [6.07, 6.45) is 29.6. The molecule has 10 rings (SSSR count). The number of rotatable bonds is 12. The topological polar surface area (TPSA) is 101 Å². The van der Waals surface area contributed by atoms with Crippen LogP contribution in [-0.4, -0.2) is 31.6 Å². The van der Waals surface area contributed by atoms with Gasteiger partial charge in [0, 0.05) is 23.3 Å². The van der Waals surface area contributed by atoms with Crippen molar-refractivity contribution in [3.63, 3.8) is 0 Å². The zero-order valence-corrected chi connectivity index (χ0v) is 44.8. The van der Waals surface area contributed by atoms with Gasteiger partial charge in [-0.25, -0.2) is 0 Å². The molecule has 5 aromatic carbocycles. The van der Waals surface area contributed by atoms with Crippen molar-refractivity contribution in [3.8, 4) is 23.0 Å². The summed E-state index contributed by atoms with van der Waals surface area (Å²) in [5, 5.41) is 59.3. The van der Waals surface area contributed by atoms with E-state index in [0.29, 0.717) is 47.3 Å². The van der Waals surface area contributed by atoms with Crippen LogP contribution in [0.1, 0.15) is 247 Å². The Balaban J connectivity index is 1.08. The van der Waals surface area contributed by atoms with E-state index in [0.717, 1.165) is 105 Å². The average molecular weight is 981 g/mol. The molecule has 0 radical (unpaired) electrons. The molecule has 5 aromatic rings. The molecular formula is C68H84O5. The first-order valence-electron chi connectivity index (χ1n) is 28.8. The third-order valence-corrected chi connectivity index (χ3v) is 18.9. The van der Waals surface area contributed by atoms with E-state index in [9.17, 15) is 25.5 Å². The van der Waals surface area contributed by atoms with Crippen molar-refractivity contribution < 1.29 is 25.5 Å². The van der Waals surface area contributed by atoms with Crippen LogP contribution in [0.3, 0.4) is 0 Å². The molecular weight excluding hydrogens is 897 g/mol. The Morgan fingerprint density at radius 3 is 1.27 bits per heavy atom. The summed E-state index contributed by atoms with van der Waals surface area (Å²) in [5.74, 6) is 2.04. The summed E-state index contributed by atoms with van der Waals surface area (Å²) in [4.78, 5) is 0. The molecule has 4 fully saturated rings. The van der Waals surface area contributed by atoms with E-state index in [1.807, 2.05) is 30.3 Å². The number of benzene rings is 5. The van der Waals surface area contributed by atoms with Crippen LogP contribution in [0.25, 0.3) is 0 Å². The minimum atomic E-state index is -0.759. The van der Waals surface area contributed by atoms with Gasteiger partial charge in [0.25, 0.3) is 0 Å². The molecule has 0 heterocycles. The van der Waals surface area contributed by atoms with Crippen molar-refractivity contribution in [2.45, 2.75) is 211 Å². The molecule has 0 saturated heterocycles. The number of aliphatic hydroxyl groups excluding tert-OH is 1. The van der Waals surface area contributed by atoms with E-state index in [-0.39, 0.29) is 23.5 Å². The number of hydrogen-bond acceptors (Lipinski definition) is 5. The summed E-state index contributed by atoms with van der Waals surface area (Å²) < 4.78 is 0.